The molecular weight excluding hydrogens is 231 g/mol. The number of hydrogen-bond acceptors (Lipinski definition) is 4. The van der Waals surface area contributed by atoms with Gasteiger partial charge in [-0.2, -0.15) is 5.26 Å². The first kappa shape index (κ1) is 11.9. The molecule has 4 nitrogen and oxygen atoms in total. The number of aryl methyl sites for hydroxylation is 1. The molecule has 1 aromatic heterocycles. The lowest BCUT2D eigenvalue weighted by Crippen LogP contribution is -2.02. The number of nitrogens with one attached hydrogen (secondary N) is 1. The fourth-order valence-corrected chi connectivity index (χ4v) is 1.54. The van der Waals surface area contributed by atoms with Gasteiger partial charge in [-0.3, -0.25) is 0 Å². The molecule has 0 spiro atoms. The lowest BCUT2D eigenvalue weighted by atomic mass is 10.2. The summed E-state index contributed by atoms with van der Waals surface area (Å²) in [4.78, 5) is 4.21. The zero-order valence-corrected chi connectivity index (χ0v) is 9.74. The average Bonchev–Trinajstić information content (AvgIpc) is 2.34. The van der Waals surface area contributed by atoms with Crippen molar-refractivity contribution in [3.63, 3.8) is 0 Å². The van der Waals surface area contributed by atoms with Gasteiger partial charge in [0.1, 0.15) is 17.4 Å². The van der Waals surface area contributed by atoms with E-state index in [1.165, 1.54) is 12.1 Å². The third kappa shape index (κ3) is 2.23. The second kappa shape index (κ2) is 4.72. The Morgan fingerprint density at radius 1 is 1.33 bits per heavy atom. The number of aromatic nitrogens is 1. The summed E-state index contributed by atoms with van der Waals surface area (Å²) >= 11 is 0. The number of rotatable bonds is 2. The zero-order valence-electron chi connectivity index (χ0n) is 9.74. The van der Waals surface area contributed by atoms with Crippen molar-refractivity contribution in [2.24, 2.45) is 0 Å². The van der Waals surface area contributed by atoms with Crippen LogP contribution in [0.5, 0.6) is 0 Å². The molecule has 0 saturated carbocycles. The van der Waals surface area contributed by atoms with E-state index in [-0.39, 0.29) is 5.56 Å². The van der Waals surface area contributed by atoms with Gasteiger partial charge in [-0.1, -0.05) is 6.07 Å². The molecule has 1 aromatic carbocycles. The van der Waals surface area contributed by atoms with E-state index in [1.807, 2.05) is 13.0 Å². The van der Waals surface area contributed by atoms with E-state index in [0.29, 0.717) is 17.2 Å². The van der Waals surface area contributed by atoms with Crippen molar-refractivity contribution in [1.29, 1.82) is 5.26 Å². The van der Waals surface area contributed by atoms with Crippen molar-refractivity contribution >= 4 is 17.2 Å². The minimum absolute atomic E-state index is 0.0554. The van der Waals surface area contributed by atoms with Crippen molar-refractivity contribution in [2.45, 2.75) is 6.92 Å². The lowest BCUT2D eigenvalue weighted by molar-refractivity contribution is 0.624. The number of benzene rings is 1. The van der Waals surface area contributed by atoms with E-state index in [1.54, 1.807) is 18.2 Å². The number of nitrogen functional groups attached to an aromatic ring is 1. The van der Waals surface area contributed by atoms with Crippen LogP contribution in [0.25, 0.3) is 0 Å². The molecule has 0 fully saturated rings. The number of nitrogens with two attached hydrogens (primary N) is 1. The molecule has 0 aliphatic heterocycles. The average molecular weight is 242 g/mol. The van der Waals surface area contributed by atoms with Crippen LogP contribution in [0.3, 0.4) is 0 Å². The maximum Gasteiger partial charge on any atom is 0.153 e. The third-order valence-electron chi connectivity index (χ3n) is 2.44. The Bertz CT molecular complexity index is 631. The van der Waals surface area contributed by atoms with E-state index in [4.69, 9.17) is 11.0 Å². The first-order chi connectivity index (χ1) is 8.61. The summed E-state index contributed by atoms with van der Waals surface area (Å²) in [6.07, 6.45) is 0. The van der Waals surface area contributed by atoms with Gasteiger partial charge in [-0.15, -0.1) is 0 Å². The molecule has 3 N–H and O–H groups in total. The van der Waals surface area contributed by atoms with Crippen LogP contribution in [0.15, 0.2) is 30.3 Å². The molecule has 0 aliphatic carbocycles. The summed E-state index contributed by atoms with van der Waals surface area (Å²) < 4.78 is 13.4. The van der Waals surface area contributed by atoms with Crippen molar-refractivity contribution in [3.8, 4) is 6.07 Å². The van der Waals surface area contributed by atoms with Gasteiger partial charge in [0.05, 0.1) is 11.4 Å². The van der Waals surface area contributed by atoms with Crippen molar-refractivity contribution in [2.75, 3.05) is 11.1 Å². The molecule has 2 aromatic rings. The van der Waals surface area contributed by atoms with Gasteiger partial charge in [0.25, 0.3) is 0 Å². The second-order valence-electron chi connectivity index (χ2n) is 3.79. The predicted molar refractivity (Wildman–Crippen MR) is 67.8 cm³/mol. The van der Waals surface area contributed by atoms with Gasteiger partial charge in [-0.25, -0.2) is 9.37 Å². The molecule has 18 heavy (non-hydrogen) atoms. The van der Waals surface area contributed by atoms with E-state index in [9.17, 15) is 4.39 Å². The number of halogens is 1. The summed E-state index contributed by atoms with van der Waals surface area (Å²) in [6.45, 7) is 1.82. The minimum Gasteiger partial charge on any atom is -0.396 e. The zero-order chi connectivity index (χ0) is 13.1. The van der Waals surface area contributed by atoms with E-state index < -0.39 is 5.82 Å². The van der Waals surface area contributed by atoms with Gasteiger partial charge in [0.15, 0.2) is 5.82 Å². The number of anilines is 3. The van der Waals surface area contributed by atoms with Gasteiger partial charge in [0.2, 0.25) is 0 Å². The largest absolute Gasteiger partial charge is 0.396 e. The topological polar surface area (TPSA) is 74.7 Å². The SMILES string of the molecule is Cc1ccc(N)c(Nc2cccc(F)c2C#N)n1. The normalized spacial score (nSPS) is 9.83. The molecule has 2 rings (SSSR count). The van der Waals surface area contributed by atoms with Gasteiger partial charge >= 0.3 is 0 Å². The van der Waals surface area contributed by atoms with Crippen molar-refractivity contribution in [3.05, 3.63) is 47.4 Å². The highest BCUT2D eigenvalue weighted by Gasteiger charge is 2.09. The molecule has 1 heterocycles. The summed E-state index contributed by atoms with van der Waals surface area (Å²) in [5, 5.41) is 11.8. The Labute approximate surface area is 104 Å². The molecule has 0 aliphatic rings. The predicted octanol–water partition coefficient (Wildman–Crippen LogP) is 2.73. The number of hydrogen-bond donors (Lipinski definition) is 2. The number of nitriles is 1. The highest BCUT2D eigenvalue weighted by Crippen LogP contribution is 2.25. The molecule has 90 valence electrons. The van der Waals surface area contributed by atoms with Crippen LogP contribution in [-0.4, -0.2) is 4.98 Å². The maximum atomic E-state index is 13.4. The van der Waals surface area contributed by atoms with E-state index in [0.717, 1.165) is 5.69 Å². The van der Waals surface area contributed by atoms with Gasteiger partial charge in [0, 0.05) is 5.69 Å². The molecule has 5 heteroatoms. The molecule has 0 saturated heterocycles. The van der Waals surface area contributed by atoms with Gasteiger partial charge in [-0.05, 0) is 31.2 Å². The Morgan fingerprint density at radius 3 is 2.83 bits per heavy atom. The molecule has 0 unspecified atom stereocenters. The number of pyridine rings is 1. The Balaban J connectivity index is 2.44. The Hall–Kier alpha value is -2.61. The maximum absolute atomic E-state index is 13.4. The smallest absolute Gasteiger partial charge is 0.153 e. The summed E-state index contributed by atoms with van der Waals surface area (Å²) in [5.41, 5.74) is 7.28. The molecule has 0 amide bonds. The number of nitrogens with zero attached hydrogens (tertiary/aromatic N) is 2. The van der Waals surface area contributed by atoms with E-state index >= 15 is 0 Å². The van der Waals surface area contributed by atoms with Crippen LogP contribution in [0.1, 0.15) is 11.3 Å². The summed E-state index contributed by atoms with van der Waals surface area (Å²) in [6, 6.07) is 9.65. The molecular formula is C13H11FN4. The highest BCUT2D eigenvalue weighted by atomic mass is 19.1. The fraction of sp³-hybridized carbons (Fsp3) is 0.0769. The Kier molecular flexibility index (Phi) is 3.11. The Morgan fingerprint density at radius 2 is 2.11 bits per heavy atom. The summed E-state index contributed by atoms with van der Waals surface area (Å²) in [5.74, 6) is -0.161. The van der Waals surface area contributed by atoms with Crippen molar-refractivity contribution in [1.82, 2.24) is 4.98 Å². The monoisotopic (exact) mass is 242 g/mol. The third-order valence-corrected chi connectivity index (χ3v) is 2.44. The van der Waals surface area contributed by atoms with Crippen LogP contribution in [0.2, 0.25) is 0 Å². The van der Waals surface area contributed by atoms with Crippen molar-refractivity contribution < 1.29 is 4.39 Å². The van der Waals surface area contributed by atoms with Crippen LogP contribution >= 0.6 is 0 Å². The molecule has 0 atom stereocenters. The first-order valence-electron chi connectivity index (χ1n) is 5.30. The van der Waals surface area contributed by atoms with E-state index in [2.05, 4.69) is 10.3 Å². The fourth-order valence-electron chi connectivity index (χ4n) is 1.54. The lowest BCUT2D eigenvalue weighted by Gasteiger charge is -2.10. The molecule has 0 radical (unpaired) electrons. The van der Waals surface area contributed by atoms with Crippen LogP contribution in [0, 0.1) is 24.1 Å². The second-order valence-corrected chi connectivity index (χ2v) is 3.79. The van der Waals surface area contributed by atoms with Crippen LogP contribution < -0.4 is 11.1 Å². The quantitative estimate of drug-likeness (QED) is 0.849. The molecule has 0 bridgehead atoms. The first-order valence-corrected chi connectivity index (χ1v) is 5.30. The van der Waals surface area contributed by atoms with Crippen LogP contribution in [0.4, 0.5) is 21.6 Å². The van der Waals surface area contributed by atoms with Gasteiger partial charge < -0.3 is 11.1 Å². The summed E-state index contributed by atoms with van der Waals surface area (Å²) in [7, 11) is 0. The standard InChI is InChI=1S/C13H11FN4/c1-8-5-6-11(16)13(17-8)18-12-4-2-3-10(14)9(12)7-15/h2-6H,16H2,1H3,(H,17,18). The minimum atomic E-state index is -0.575. The highest BCUT2D eigenvalue weighted by molar-refractivity contribution is 5.72. The van der Waals surface area contributed by atoms with Crippen LogP contribution in [-0.2, 0) is 0 Å².